The lowest BCUT2D eigenvalue weighted by molar-refractivity contribution is -0.158. The third-order valence-electron chi connectivity index (χ3n) is 3.52. The largest absolute Gasteiger partial charge is 0.479 e. The maximum Gasteiger partial charge on any atom is 0.410 e. The van der Waals surface area contributed by atoms with E-state index in [9.17, 15) is 23.5 Å². The molecule has 0 aliphatic heterocycles. The van der Waals surface area contributed by atoms with E-state index in [0.29, 0.717) is 0 Å². The first-order valence-corrected chi connectivity index (χ1v) is 6.48. The first-order chi connectivity index (χ1) is 8.90. The zero-order valence-electron chi connectivity index (χ0n) is 12.2. The zero-order chi connectivity index (χ0) is 15.8. The highest BCUT2D eigenvalue weighted by atomic mass is 19.3. The van der Waals surface area contributed by atoms with Crippen LogP contribution >= 0.6 is 0 Å². The predicted octanol–water partition coefficient (Wildman–Crippen LogP) is 2.89. The van der Waals surface area contributed by atoms with Crippen molar-refractivity contribution < 1.29 is 28.2 Å². The van der Waals surface area contributed by atoms with Gasteiger partial charge in [-0.2, -0.15) is 0 Å². The number of nitrogens with zero attached hydrogens (tertiary/aromatic N) is 1. The molecule has 0 aromatic carbocycles. The van der Waals surface area contributed by atoms with Crippen LogP contribution in [0.2, 0.25) is 0 Å². The molecule has 1 N–H and O–H groups in total. The van der Waals surface area contributed by atoms with Gasteiger partial charge in [-0.1, -0.05) is 0 Å². The maximum atomic E-state index is 13.2. The SMILES string of the molecule is CN(C(=O)OC(C)(C)C)C1(C(=O)O)CCC(F)(F)CC1. The molecule has 0 aromatic heterocycles. The molecule has 1 saturated carbocycles. The second-order valence-corrected chi connectivity index (χ2v) is 6.23. The molecule has 0 saturated heterocycles. The van der Waals surface area contributed by atoms with Gasteiger partial charge in [0.05, 0.1) is 0 Å². The van der Waals surface area contributed by atoms with Crippen molar-refractivity contribution >= 4 is 12.1 Å². The molecule has 1 rings (SSSR count). The highest BCUT2D eigenvalue weighted by molar-refractivity contribution is 5.84. The molecule has 0 spiro atoms. The Morgan fingerprint density at radius 3 is 1.95 bits per heavy atom. The highest BCUT2D eigenvalue weighted by Crippen LogP contribution is 2.41. The Bertz CT molecular complexity index is 394. The van der Waals surface area contributed by atoms with Crippen molar-refractivity contribution in [1.82, 2.24) is 4.90 Å². The number of likely N-dealkylation sites (N-methyl/N-ethyl adjacent to an activating group) is 1. The lowest BCUT2D eigenvalue weighted by atomic mass is 9.79. The van der Waals surface area contributed by atoms with Gasteiger partial charge in [0, 0.05) is 19.9 Å². The van der Waals surface area contributed by atoms with Crippen LogP contribution in [-0.4, -0.2) is 46.2 Å². The second kappa shape index (κ2) is 5.18. The number of carbonyl (C=O) groups excluding carboxylic acids is 1. The molecular formula is C13H21F2NO4. The first-order valence-electron chi connectivity index (χ1n) is 6.48. The molecule has 1 aliphatic carbocycles. The van der Waals surface area contributed by atoms with Gasteiger partial charge in [-0.15, -0.1) is 0 Å². The number of carboxylic acid groups (broad SMARTS) is 1. The molecular weight excluding hydrogens is 272 g/mol. The molecule has 5 nitrogen and oxygen atoms in total. The molecule has 1 fully saturated rings. The van der Waals surface area contributed by atoms with Crippen molar-refractivity contribution in [2.75, 3.05) is 7.05 Å². The second-order valence-electron chi connectivity index (χ2n) is 6.23. The smallest absolute Gasteiger partial charge is 0.410 e. The number of rotatable bonds is 2. The quantitative estimate of drug-likeness (QED) is 0.850. The van der Waals surface area contributed by atoms with Gasteiger partial charge in [-0.05, 0) is 33.6 Å². The van der Waals surface area contributed by atoms with Crippen LogP contribution in [0.1, 0.15) is 46.5 Å². The van der Waals surface area contributed by atoms with E-state index >= 15 is 0 Å². The number of carbonyl (C=O) groups is 2. The van der Waals surface area contributed by atoms with Crippen LogP contribution in [0, 0.1) is 0 Å². The fourth-order valence-corrected chi connectivity index (χ4v) is 2.23. The van der Waals surface area contributed by atoms with E-state index in [1.807, 2.05) is 0 Å². The maximum absolute atomic E-state index is 13.2. The number of alkyl halides is 2. The average Bonchev–Trinajstić information content (AvgIpc) is 2.26. The number of ether oxygens (including phenoxy) is 1. The summed E-state index contributed by atoms with van der Waals surface area (Å²) in [6.07, 6.45) is -2.49. The zero-order valence-corrected chi connectivity index (χ0v) is 12.2. The minimum Gasteiger partial charge on any atom is -0.479 e. The van der Waals surface area contributed by atoms with Crippen LogP contribution in [0.4, 0.5) is 13.6 Å². The van der Waals surface area contributed by atoms with E-state index in [1.54, 1.807) is 20.8 Å². The van der Waals surface area contributed by atoms with Crippen molar-refractivity contribution in [3.63, 3.8) is 0 Å². The Labute approximate surface area is 116 Å². The van der Waals surface area contributed by atoms with Crippen molar-refractivity contribution in [3.05, 3.63) is 0 Å². The van der Waals surface area contributed by atoms with Crippen molar-refractivity contribution in [3.8, 4) is 0 Å². The Morgan fingerprint density at radius 2 is 1.60 bits per heavy atom. The number of aliphatic carboxylic acids is 1. The molecule has 116 valence electrons. The van der Waals surface area contributed by atoms with Crippen LogP contribution < -0.4 is 0 Å². The van der Waals surface area contributed by atoms with Gasteiger partial charge in [-0.3, -0.25) is 4.90 Å². The summed E-state index contributed by atoms with van der Waals surface area (Å²) < 4.78 is 31.6. The average molecular weight is 293 g/mol. The van der Waals surface area contributed by atoms with Gasteiger partial charge in [0.25, 0.3) is 0 Å². The van der Waals surface area contributed by atoms with Crippen LogP contribution in [0.15, 0.2) is 0 Å². The number of hydrogen-bond donors (Lipinski definition) is 1. The van der Waals surface area contributed by atoms with Gasteiger partial charge in [0.1, 0.15) is 11.1 Å². The fraction of sp³-hybridized carbons (Fsp3) is 0.846. The van der Waals surface area contributed by atoms with E-state index in [-0.39, 0.29) is 12.8 Å². The summed E-state index contributed by atoms with van der Waals surface area (Å²) in [4.78, 5) is 24.4. The van der Waals surface area contributed by atoms with Gasteiger partial charge in [-0.25, -0.2) is 18.4 Å². The molecule has 0 atom stereocenters. The standard InChI is InChI=1S/C13H21F2NO4/c1-11(2,3)20-10(19)16(4)12(9(17)18)5-7-13(14,15)8-6-12/h5-8H2,1-4H3,(H,17,18). The normalized spacial score (nSPS) is 21.1. The Kier molecular flexibility index (Phi) is 4.31. The highest BCUT2D eigenvalue weighted by Gasteiger charge is 2.52. The molecule has 0 heterocycles. The van der Waals surface area contributed by atoms with Crippen LogP contribution in [-0.2, 0) is 9.53 Å². The van der Waals surface area contributed by atoms with Crippen molar-refractivity contribution in [2.45, 2.75) is 63.5 Å². The predicted molar refractivity (Wildman–Crippen MR) is 67.8 cm³/mol. The molecule has 0 aromatic rings. The minimum absolute atomic E-state index is 0.287. The summed E-state index contributed by atoms with van der Waals surface area (Å²) in [5.74, 6) is -4.14. The summed E-state index contributed by atoms with van der Waals surface area (Å²) >= 11 is 0. The summed E-state index contributed by atoms with van der Waals surface area (Å²) in [7, 11) is 1.28. The molecule has 0 unspecified atom stereocenters. The summed E-state index contributed by atoms with van der Waals surface area (Å²) in [5.41, 5.74) is -2.40. The topological polar surface area (TPSA) is 66.8 Å². The molecule has 7 heteroatoms. The van der Waals surface area contributed by atoms with Crippen LogP contribution in [0.25, 0.3) is 0 Å². The number of amides is 1. The monoisotopic (exact) mass is 293 g/mol. The summed E-state index contributed by atoms with van der Waals surface area (Å²) in [6.45, 7) is 4.96. The Hall–Kier alpha value is -1.40. The van der Waals surface area contributed by atoms with Gasteiger partial charge >= 0.3 is 12.1 Å². The number of carboxylic acids is 1. The third-order valence-corrected chi connectivity index (χ3v) is 3.52. The van der Waals surface area contributed by atoms with Gasteiger partial charge in [0.15, 0.2) is 0 Å². The van der Waals surface area contributed by atoms with Crippen molar-refractivity contribution in [2.24, 2.45) is 0 Å². The van der Waals surface area contributed by atoms with Crippen LogP contribution in [0.5, 0.6) is 0 Å². The molecule has 20 heavy (non-hydrogen) atoms. The van der Waals surface area contributed by atoms with E-state index < -0.39 is 42.0 Å². The molecule has 1 amide bonds. The van der Waals surface area contributed by atoms with E-state index in [0.717, 1.165) is 4.90 Å². The van der Waals surface area contributed by atoms with E-state index in [4.69, 9.17) is 4.74 Å². The Morgan fingerprint density at radius 1 is 1.15 bits per heavy atom. The molecule has 0 bridgehead atoms. The fourth-order valence-electron chi connectivity index (χ4n) is 2.23. The minimum atomic E-state index is -2.87. The van der Waals surface area contributed by atoms with Crippen molar-refractivity contribution in [1.29, 1.82) is 0 Å². The first kappa shape index (κ1) is 16.7. The lowest BCUT2D eigenvalue weighted by Crippen LogP contribution is -2.59. The van der Waals surface area contributed by atoms with Gasteiger partial charge < -0.3 is 9.84 Å². The number of halogens is 2. The lowest BCUT2D eigenvalue weighted by Gasteiger charge is -2.43. The van der Waals surface area contributed by atoms with Crippen LogP contribution in [0.3, 0.4) is 0 Å². The van der Waals surface area contributed by atoms with Gasteiger partial charge in [0.2, 0.25) is 5.92 Å². The summed E-state index contributed by atoms with van der Waals surface area (Å²) in [6, 6.07) is 0. The molecule has 0 radical (unpaired) electrons. The summed E-state index contributed by atoms with van der Waals surface area (Å²) in [5, 5.41) is 9.38. The van der Waals surface area contributed by atoms with E-state index in [1.165, 1.54) is 7.05 Å². The number of hydrogen-bond acceptors (Lipinski definition) is 3. The third kappa shape index (κ3) is 3.58. The Balaban J connectivity index is 2.92. The molecule has 1 aliphatic rings. The van der Waals surface area contributed by atoms with E-state index in [2.05, 4.69) is 0 Å².